The molecule has 0 fully saturated rings. The van der Waals surface area contributed by atoms with Gasteiger partial charge in [0.25, 0.3) is 0 Å². The number of aryl methyl sites for hydroxylation is 1. The van der Waals surface area contributed by atoms with Gasteiger partial charge in [-0.2, -0.15) is 13.2 Å². The molecule has 0 saturated heterocycles. The molecule has 5 rings (SSSR count). The molecule has 0 saturated carbocycles. The molecule has 36 heavy (non-hydrogen) atoms. The number of nitrogens with zero attached hydrogens (tertiary/aromatic N) is 4. The number of hydrogen-bond donors (Lipinski definition) is 0. The van der Waals surface area contributed by atoms with Crippen LogP contribution in [-0.2, 0) is 11.9 Å². The zero-order chi connectivity index (χ0) is 25.4. The maximum absolute atomic E-state index is 13.4. The SMILES string of the molecule is Cc1ccc(-c2ccccc2CSc2nnc3c(=O)n(-c4cccc(C(F)(F)F)c4C)ccn23)cc1. The first-order valence-corrected chi connectivity index (χ1v) is 12.1. The molecule has 0 bridgehead atoms. The number of aromatic nitrogens is 4. The summed E-state index contributed by atoms with van der Waals surface area (Å²) in [7, 11) is 0. The predicted octanol–water partition coefficient (Wildman–Crippen LogP) is 6.48. The van der Waals surface area contributed by atoms with E-state index in [0.717, 1.165) is 22.8 Å². The van der Waals surface area contributed by atoms with E-state index < -0.39 is 17.3 Å². The van der Waals surface area contributed by atoms with Gasteiger partial charge in [-0.25, -0.2) is 0 Å². The fourth-order valence-corrected chi connectivity index (χ4v) is 5.07. The molecule has 2 heterocycles. The van der Waals surface area contributed by atoms with Crippen LogP contribution in [0.15, 0.2) is 89.1 Å². The summed E-state index contributed by atoms with van der Waals surface area (Å²) in [5, 5.41) is 8.75. The Morgan fingerprint density at radius 1 is 0.889 bits per heavy atom. The third-order valence-electron chi connectivity index (χ3n) is 6.05. The molecule has 0 amide bonds. The first-order valence-electron chi connectivity index (χ1n) is 11.2. The van der Waals surface area contributed by atoms with Crippen molar-refractivity contribution in [1.82, 2.24) is 19.2 Å². The minimum Gasteiger partial charge on any atom is -0.279 e. The molecule has 0 spiro atoms. The summed E-state index contributed by atoms with van der Waals surface area (Å²) in [6, 6.07) is 20.2. The average Bonchev–Trinajstić information content (AvgIpc) is 3.27. The van der Waals surface area contributed by atoms with Crippen molar-refractivity contribution < 1.29 is 13.2 Å². The average molecular weight is 507 g/mol. The molecule has 0 aliphatic rings. The van der Waals surface area contributed by atoms with E-state index in [1.165, 1.54) is 47.1 Å². The topological polar surface area (TPSA) is 52.2 Å². The van der Waals surface area contributed by atoms with Crippen LogP contribution >= 0.6 is 11.8 Å². The summed E-state index contributed by atoms with van der Waals surface area (Å²) in [5.74, 6) is 0.598. The molecule has 0 aliphatic carbocycles. The van der Waals surface area contributed by atoms with Crippen LogP contribution in [-0.4, -0.2) is 19.2 Å². The number of fused-ring (bicyclic) bond motifs is 1. The van der Waals surface area contributed by atoms with E-state index in [-0.39, 0.29) is 16.9 Å². The van der Waals surface area contributed by atoms with Crippen molar-refractivity contribution in [2.45, 2.75) is 30.9 Å². The molecule has 5 nitrogen and oxygen atoms in total. The molecule has 0 radical (unpaired) electrons. The largest absolute Gasteiger partial charge is 0.416 e. The summed E-state index contributed by atoms with van der Waals surface area (Å²) < 4.78 is 42.8. The van der Waals surface area contributed by atoms with Gasteiger partial charge in [0.05, 0.1) is 11.3 Å². The Hall–Kier alpha value is -3.85. The first-order chi connectivity index (χ1) is 17.2. The number of benzene rings is 3. The summed E-state index contributed by atoms with van der Waals surface area (Å²) in [4.78, 5) is 13.1. The lowest BCUT2D eigenvalue weighted by molar-refractivity contribution is -0.138. The van der Waals surface area contributed by atoms with Gasteiger partial charge in [-0.15, -0.1) is 10.2 Å². The second-order valence-electron chi connectivity index (χ2n) is 8.41. The Morgan fingerprint density at radius 2 is 1.64 bits per heavy atom. The molecule has 5 aromatic rings. The minimum atomic E-state index is -4.51. The number of hydrogen-bond acceptors (Lipinski definition) is 4. The summed E-state index contributed by atoms with van der Waals surface area (Å²) in [6.07, 6.45) is -1.46. The van der Waals surface area contributed by atoms with Crippen molar-refractivity contribution in [1.29, 1.82) is 0 Å². The molecule has 182 valence electrons. The molecular weight excluding hydrogens is 485 g/mol. The highest BCUT2D eigenvalue weighted by Crippen LogP contribution is 2.34. The molecule has 0 atom stereocenters. The van der Waals surface area contributed by atoms with Gasteiger partial charge in [0.1, 0.15) is 0 Å². The van der Waals surface area contributed by atoms with Gasteiger partial charge in [0.15, 0.2) is 5.16 Å². The lowest BCUT2D eigenvalue weighted by Crippen LogP contribution is -2.22. The molecular formula is C27H21F3N4OS. The maximum Gasteiger partial charge on any atom is 0.416 e. The van der Waals surface area contributed by atoms with Gasteiger partial charge >= 0.3 is 11.7 Å². The molecule has 0 N–H and O–H groups in total. The Balaban J connectivity index is 1.46. The van der Waals surface area contributed by atoms with Crippen LogP contribution in [0.3, 0.4) is 0 Å². The Bertz CT molecular complexity index is 1620. The van der Waals surface area contributed by atoms with E-state index in [4.69, 9.17) is 0 Å². The summed E-state index contributed by atoms with van der Waals surface area (Å²) in [6.45, 7) is 3.40. The Labute approximate surface area is 209 Å². The van der Waals surface area contributed by atoms with Crippen LogP contribution in [0.1, 0.15) is 22.3 Å². The van der Waals surface area contributed by atoms with E-state index in [1.54, 1.807) is 10.6 Å². The maximum atomic E-state index is 13.4. The standard InChI is InChI=1S/C27H21F3N4OS/c1-17-10-12-19(13-11-17)21-7-4-3-6-20(21)16-36-26-32-31-24-25(35)33(14-15-34(24)26)23-9-5-8-22(18(23)2)27(28,29)30/h3-15H,16H2,1-2H3. The van der Waals surface area contributed by atoms with Crippen molar-refractivity contribution in [3.63, 3.8) is 0 Å². The van der Waals surface area contributed by atoms with Crippen molar-refractivity contribution in [3.05, 3.63) is 112 Å². The number of halogens is 3. The first kappa shape index (κ1) is 23.9. The smallest absolute Gasteiger partial charge is 0.279 e. The molecule has 9 heteroatoms. The van der Waals surface area contributed by atoms with Crippen LogP contribution in [0.2, 0.25) is 0 Å². The van der Waals surface area contributed by atoms with Crippen LogP contribution in [0.4, 0.5) is 13.2 Å². The third-order valence-corrected chi connectivity index (χ3v) is 7.04. The van der Waals surface area contributed by atoms with Crippen LogP contribution in [0.5, 0.6) is 0 Å². The Kier molecular flexibility index (Phi) is 6.17. The second kappa shape index (κ2) is 9.31. The molecule has 0 aliphatic heterocycles. The van der Waals surface area contributed by atoms with Gasteiger partial charge in [-0.3, -0.25) is 13.8 Å². The third kappa shape index (κ3) is 4.42. The molecule has 2 aromatic heterocycles. The van der Waals surface area contributed by atoms with Gasteiger partial charge in [0, 0.05) is 18.1 Å². The van der Waals surface area contributed by atoms with E-state index in [2.05, 4.69) is 46.6 Å². The highest BCUT2D eigenvalue weighted by molar-refractivity contribution is 7.98. The summed E-state index contributed by atoms with van der Waals surface area (Å²) >= 11 is 1.43. The summed E-state index contributed by atoms with van der Waals surface area (Å²) in [5.41, 5.74) is 3.37. The monoisotopic (exact) mass is 506 g/mol. The predicted molar refractivity (Wildman–Crippen MR) is 134 cm³/mol. The number of rotatable bonds is 5. The molecule has 3 aromatic carbocycles. The molecule has 0 unspecified atom stereocenters. The lowest BCUT2D eigenvalue weighted by atomic mass is 10.00. The number of alkyl halides is 3. The van der Waals surface area contributed by atoms with Crippen LogP contribution < -0.4 is 5.56 Å². The van der Waals surface area contributed by atoms with Crippen LogP contribution in [0, 0.1) is 13.8 Å². The zero-order valence-electron chi connectivity index (χ0n) is 19.5. The highest BCUT2D eigenvalue weighted by atomic mass is 32.2. The second-order valence-corrected chi connectivity index (χ2v) is 9.35. The normalized spacial score (nSPS) is 11.8. The quantitative estimate of drug-likeness (QED) is 0.256. The van der Waals surface area contributed by atoms with Crippen LogP contribution in [0.25, 0.3) is 22.5 Å². The van der Waals surface area contributed by atoms with Crippen molar-refractivity contribution in [3.8, 4) is 16.8 Å². The lowest BCUT2D eigenvalue weighted by Gasteiger charge is -2.15. The van der Waals surface area contributed by atoms with Gasteiger partial charge < -0.3 is 0 Å². The van der Waals surface area contributed by atoms with E-state index in [9.17, 15) is 18.0 Å². The fraction of sp³-hybridized carbons (Fsp3) is 0.148. The van der Waals surface area contributed by atoms with E-state index >= 15 is 0 Å². The minimum absolute atomic E-state index is 0.0294. The van der Waals surface area contributed by atoms with Gasteiger partial charge in [-0.05, 0) is 48.2 Å². The van der Waals surface area contributed by atoms with Gasteiger partial charge in [-0.1, -0.05) is 71.9 Å². The highest BCUT2D eigenvalue weighted by Gasteiger charge is 2.33. The van der Waals surface area contributed by atoms with Crippen molar-refractivity contribution >= 4 is 17.4 Å². The number of thioether (sulfide) groups is 1. The fourth-order valence-electron chi connectivity index (χ4n) is 4.15. The van der Waals surface area contributed by atoms with E-state index in [0.29, 0.717) is 10.9 Å². The van der Waals surface area contributed by atoms with Crippen molar-refractivity contribution in [2.24, 2.45) is 0 Å². The zero-order valence-corrected chi connectivity index (χ0v) is 20.3. The van der Waals surface area contributed by atoms with Crippen molar-refractivity contribution in [2.75, 3.05) is 0 Å². The van der Waals surface area contributed by atoms with Gasteiger partial charge in [0.2, 0.25) is 5.65 Å². The Morgan fingerprint density at radius 3 is 2.39 bits per heavy atom. The van der Waals surface area contributed by atoms with E-state index in [1.807, 2.05) is 19.1 Å².